The molecule has 1 atom stereocenters. The Morgan fingerprint density at radius 1 is 1.11 bits per heavy atom. The zero-order valence-electron chi connectivity index (χ0n) is 20.4. The summed E-state index contributed by atoms with van der Waals surface area (Å²) < 4.78 is 17.4. The molecule has 5 aromatic rings. The molecule has 0 fully saturated rings. The lowest BCUT2D eigenvalue weighted by atomic mass is 10.0. The van der Waals surface area contributed by atoms with E-state index >= 15 is 0 Å². The van der Waals surface area contributed by atoms with Gasteiger partial charge in [0.15, 0.2) is 17.3 Å². The van der Waals surface area contributed by atoms with Crippen molar-refractivity contribution in [2.75, 3.05) is 19.0 Å². The number of benzene rings is 2. The van der Waals surface area contributed by atoms with Gasteiger partial charge < -0.3 is 19.3 Å². The second-order valence-electron chi connectivity index (χ2n) is 7.91. The highest BCUT2D eigenvalue weighted by Gasteiger charge is 2.22. The number of methoxy groups -OCH3 is 1. The van der Waals surface area contributed by atoms with Crippen LogP contribution < -0.4 is 20.5 Å². The van der Waals surface area contributed by atoms with Crippen LogP contribution in [0.5, 0.6) is 11.5 Å². The molecule has 0 amide bonds. The average Bonchev–Trinajstić information content (AvgIpc) is 3.53. The SMILES string of the molecule is CCOc1cc(C(Nc2ccc(-c3noc(C)n3)cc2)c2nn(-c3ncccn3)c(=O)[nH]2)ccc1OC. The first kappa shape index (κ1) is 23.7. The molecule has 2 aromatic carbocycles. The van der Waals surface area contributed by atoms with Gasteiger partial charge >= 0.3 is 5.69 Å². The largest absolute Gasteiger partial charge is 0.493 e. The molecule has 37 heavy (non-hydrogen) atoms. The Labute approximate surface area is 211 Å². The lowest BCUT2D eigenvalue weighted by molar-refractivity contribution is 0.310. The van der Waals surface area contributed by atoms with Crippen LogP contribution in [-0.2, 0) is 0 Å². The molecule has 188 valence electrons. The van der Waals surface area contributed by atoms with Crippen molar-refractivity contribution in [1.82, 2.24) is 34.9 Å². The summed E-state index contributed by atoms with van der Waals surface area (Å²) in [6.07, 6.45) is 3.09. The maximum atomic E-state index is 12.8. The number of aromatic nitrogens is 7. The van der Waals surface area contributed by atoms with E-state index < -0.39 is 11.7 Å². The molecule has 0 aliphatic rings. The van der Waals surface area contributed by atoms with Crippen LogP contribution in [0.25, 0.3) is 17.3 Å². The fraction of sp³-hybridized carbons (Fsp3) is 0.200. The van der Waals surface area contributed by atoms with Crippen LogP contribution in [0.2, 0.25) is 0 Å². The number of nitrogens with one attached hydrogen (secondary N) is 2. The summed E-state index contributed by atoms with van der Waals surface area (Å²) in [6, 6.07) is 14.2. The smallest absolute Gasteiger partial charge is 0.350 e. The standard InChI is InChI=1S/C25H24N8O4/c1-4-36-20-14-17(8-11-19(20)35-3)21(23-30-25(34)33(31-23)24-26-12-5-13-27-24)29-18-9-6-16(7-10-18)22-28-15(2)37-32-22/h5-14,21,29H,4H2,1-3H3,(H,30,31,34). The van der Waals surface area contributed by atoms with E-state index in [2.05, 4.69) is 35.5 Å². The molecule has 0 aliphatic heterocycles. The molecule has 12 nitrogen and oxygen atoms in total. The molecule has 0 aliphatic carbocycles. The van der Waals surface area contributed by atoms with Crippen LogP contribution in [0.1, 0.15) is 30.2 Å². The molecule has 0 bridgehead atoms. The number of rotatable bonds is 9. The molecule has 1 unspecified atom stereocenters. The van der Waals surface area contributed by atoms with Crippen molar-refractivity contribution in [3.8, 4) is 28.8 Å². The number of hydrogen-bond donors (Lipinski definition) is 2. The predicted molar refractivity (Wildman–Crippen MR) is 134 cm³/mol. The zero-order chi connectivity index (χ0) is 25.8. The average molecular weight is 501 g/mol. The molecule has 3 aromatic heterocycles. The van der Waals surface area contributed by atoms with Crippen molar-refractivity contribution in [2.45, 2.75) is 19.9 Å². The molecule has 0 spiro atoms. The van der Waals surface area contributed by atoms with E-state index in [1.165, 1.54) is 0 Å². The van der Waals surface area contributed by atoms with Crippen LogP contribution in [0.15, 0.2) is 70.2 Å². The predicted octanol–water partition coefficient (Wildman–Crippen LogP) is 3.32. The van der Waals surface area contributed by atoms with E-state index in [1.807, 2.05) is 49.4 Å². The number of aromatic amines is 1. The van der Waals surface area contributed by atoms with Gasteiger partial charge in [0.25, 0.3) is 5.95 Å². The maximum absolute atomic E-state index is 12.8. The minimum Gasteiger partial charge on any atom is -0.493 e. The minimum absolute atomic E-state index is 0.165. The number of H-pyrrole nitrogens is 1. The number of nitrogens with zero attached hydrogens (tertiary/aromatic N) is 6. The van der Waals surface area contributed by atoms with Crippen molar-refractivity contribution in [2.24, 2.45) is 0 Å². The highest BCUT2D eigenvalue weighted by molar-refractivity contribution is 5.60. The number of aryl methyl sites for hydroxylation is 1. The third-order valence-electron chi connectivity index (χ3n) is 5.45. The maximum Gasteiger partial charge on any atom is 0.350 e. The molecule has 12 heteroatoms. The molecule has 0 saturated carbocycles. The summed E-state index contributed by atoms with van der Waals surface area (Å²) in [5.74, 6) is 2.69. The Balaban J connectivity index is 1.54. The van der Waals surface area contributed by atoms with E-state index in [1.54, 1.807) is 32.5 Å². The van der Waals surface area contributed by atoms with Crippen LogP contribution in [0.4, 0.5) is 5.69 Å². The lowest BCUT2D eigenvalue weighted by Gasteiger charge is -2.20. The second kappa shape index (κ2) is 10.3. The van der Waals surface area contributed by atoms with Crippen molar-refractivity contribution < 1.29 is 14.0 Å². The summed E-state index contributed by atoms with van der Waals surface area (Å²) in [4.78, 5) is 28.1. The third-order valence-corrected chi connectivity index (χ3v) is 5.45. The van der Waals surface area contributed by atoms with Gasteiger partial charge in [-0.25, -0.2) is 14.8 Å². The van der Waals surface area contributed by atoms with Crippen LogP contribution in [-0.4, -0.2) is 48.6 Å². The first-order valence-electron chi connectivity index (χ1n) is 11.5. The first-order chi connectivity index (χ1) is 18.1. The van der Waals surface area contributed by atoms with Gasteiger partial charge in [0.05, 0.1) is 13.7 Å². The molecule has 0 saturated heterocycles. The Morgan fingerprint density at radius 2 is 1.89 bits per heavy atom. The molecule has 5 rings (SSSR count). The van der Waals surface area contributed by atoms with Crippen molar-refractivity contribution in [3.05, 3.63) is 88.7 Å². The second-order valence-corrected chi connectivity index (χ2v) is 7.91. The van der Waals surface area contributed by atoms with Gasteiger partial charge in [0, 0.05) is 30.6 Å². The van der Waals surface area contributed by atoms with E-state index in [0.29, 0.717) is 35.6 Å². The molecule has 0 radical (unpaired) electrons. The zero-order valence-corrected chi connectivity index (χ0v) is 20.4. The number of anilines is 1. The molecular formula is C25H24N8O4. The van der Waals surface area contributed by atoms with Gasteiger partial charge in [0.2, 0.25) is 11.7 Å². The van der Waals surface area contributed by atoms with Crippen molar-refractivity contribution in [3.63, 3.8) is 0 Å². The number of ether oxygens (including phenoxy) is 2. The van der Waals surface area contributed by atoms with Gasteiger partial charge in [-0.1, -0.05) is 11.2 Å². The Morgan fingerprint density at radius 3 is 2.57 bits per heavy atom. The number of hydrogen-bond acceptors (Lipinski definition) is 10. The van der Waals surface area contributed by atoms with Gasteiger partial charge in [-0.15, -0.1) is 9.78 Å². The van der Waals surface area contributed by atoms with Gasteiger partial charge in [-0.2, -0.15) is 4.98 Å². The summed E-state index contributed by atoms with van der Waals surface area (Å²) >= 11 is 0. The topological polar surface area (TPSA) is 146 Å². The monoisotopic (exact) mass is 500 g/mol. The van der Waals surface area contributed by atoms with Crippen molar-refractivity contribution in [1.29, 1.82) is 0 Å². The van der Waals surface area contributed by atoms with E-state index in [-0.39, 0.29) is 5.95 Å². The Hall–Kier alpha value is -5.00. The Bertz CT molecular complexity index is 1540. The quantitative estimate of drug-likeness (QED) is 0.309. The van der Waals surface area contributed by atoms with Gasteiger partial charge in [-0.3, -0.25) is 4.98 Å². The van der Waals surface area contributed by atoms with E-state index in [9.17, 15) is 4.79 Å². The first-order valence-corrected chi connectivity index (χ1v) is 11.5. The minimum atomic E-state index is -0.555. The summed E-state index contributed by atoms with van der Waals surface area (Å²) in [5.41, 5.74) is 1.90. The molecule has 2 N–H and O–H groups in total. The highest BCUT2D eigenvalue weighted by atomic mass is 16.5. The summed E-state index contributed by atoms with van der Waals surface area (Å²) in [6.45, 7) is 4.10. The summed E-state index contributed by atoms with van der Waals surface area (Å²) in [5, 5.41) is 11.9. The van der Waals surface area contributed by atoms with Crippen molar-refractivity contribution >= 4 is 5.69 Å². The lowest BCUT2D eigenvalue weighted by Crippen LogP contribution is -2.18. The molecule has 3 heterocycles. The fourth-order valence-electron chi connectivity index (χ4n) is 3.76. The summed E-state index contributed by atoms with van der Waals surface area (Å²) in [7, 11) is 1.58. The third kappa shape index (κ3) is 5.03. The van der Waals surface area contributed by atoms with Gasteiger partial charge in [0.1, 0.15) is 6.04 Å². The highest BCUT2D eigenvalue weighted by Crippen LogP contribution is 2.33. The molecular weight excluding hydrogens is 476 g/mol. The van der Waals surface area contributed by atoms with E-state index in [0.717, 1.165) is 21.5 Å². The van der Waals surface area contributed by atoms with Crippen LogP contribution >= 0.6 is 0 Å². The fourth-order valence-corrected chi connectivity index (χ4v) is 3.76. The Kier molecular flexibility index (Phi) is 6.62. The van der Waals surface area contributed by atoms with Gasteiger partial charge in [-0.05, 0) is 55.0 Å². The van der Waals surface area contributed by atoms with Crippen LogP contribution in [0, 0.1) is 6.92 Å². The normalized spacial score (nSPS) is 11.8. The van der Waals surface area contributed by atoms with E-state index in [4.69, 9.17) is 14.0 Å². The van der Waals surface area contributed by atoms with Crippen LogP contribution in [0.3, 0.4) is 0 Å².